The number of carbonyl (C=O) groups is 1. The highest BCUT2D eigenvalue weighted by molar-refractivity contribution is 8.01. The second-order valence-electron chi connectivity index (χ2n) is 4.92. The second kappa shape index (κ2) is 5.14. The summed E-state index contributed by atoms with van der Waals surface area (Å²) in [7, 11) is 0. The van der Waals surface area contributed by atoms with Crippen molar-refractivity contribution in [1.29, 1.82) is 0 Å². The molecule has 21 heavy (non-hydrogen) atoms. The average molecular weight is 309 g/mol. The monoisotopic (exact) mass is 309 g/mol. The predicted octanol–water partition coefficient (Wildman–Crippen LogP) is 3.16. The van der Waals surface area contributed by atoms with E-state index in [1.165, 1.54) is 23.9 Å². The molecule has 1 aliphatic heterocycles. The maximum atomic E-state index is 14.1. The Balaban J connectivity index is 2.15. The number of thioether (sulfide) groups is 1. The Morgan fingerprint density at radius 1 is 1.33 bits per heavy atom. The van der Waals surface area contributed by atoms with Gasteiger partial charge in [-0.05, 0) is 19.9 Å². The summed E-state index contributed by atoms with van der Waals surface area (Å²) in [6, 6.07) is 3.50. The fourth-order valence-corrected chi connectivity index (χ4v) is 3.70. The molecule has 7 heteroatoms. The molecule has 2 aromatic rings. The van der Waals surface area contributed by atoms with Gasteiger partial charge in [0.25, 0.3) is 0 Å². The molecule has 4 nitrogen and oxygen atoms in total. The van der Waals surface area contributed by atoms with Gasteiger partial charge in [-0.15, -0.1) is 11.8 Å². The molecule has 1 aromatic heterocycles. The zero-order valence-corrected chi connectivity index (χ0v) is 12.2. The molecule has 110 valence electrons. The highest BCUT2D eigenvalue weighted by atomic mass is 32.2. The minimum atomic E-state index is -0.624. The van der Waals surface area contributed by atoms with Gasteiger partial charge in [-0.25, -0.2) is 8.78 Å². The van der Waals surface area contributed by atoms with E-state index >= 15 is 0 Å². The van der Waals surface area contributed by atoms with Crippen molar-refractivity contribution < 1.29 is 13.6 Å². The Morgan fingerprint density at radius 3 is 2.81 bits per heavy atom. The summed E-state index contributed by atoms with van der Waals surface area (Å²) in [4.78, 5) is 12.0. The highest BCUT2D eigenvalue weighted by Gasteiger charge is 2.33. The van der Waals surface area contributed by atoms with Crippen molar-refractivity contribution in [3.8, 4) is 0 Å². The molecule has 0 spiro atoms. The molecule has 0 saturated carbocycles. The quantitative estimate of drug-likeness (QED) is 0.851. The third-order valence-electron chi connectivity index (χ3n) is 3.45. The smallest absolute Gasteiger partial charge is 0.238 e. The molecule has 3 rings (SSSR count). The zero-order valence-electron chi connectivity index (χ0n) is 11.4. The average Bonchev–Trinajstić information content (AvgIpc) is 2.71. The third kappa shape index (κ3) is 2.42. The molecule has 0 fully saturated rings. The van der Waals surface area contributed by atoms with Gasteiger partial charge in [-0.2, -0.15) is 5.10 Å². The van der Waals surface area contributed by atoms with E-state index in [0.717, 1.165) is 17.3 Å². The lowest BCUT2D eigenvalue weighted by molar-refractivity contribution is -0.115. The number of nitrogens with zero attached hydrogens (tertiary/aromatic N) is 1. The van der Waals surface area contributed by atoms with Crippen LogP contribution in [0.15, 0.2) is 18.2 Å². The Bertz CT molecular complexity index is 716. The van der Waals surface area contributed by atoms with Gasteiger partial charge in [0.15, 0.2) is 5.82 Å². The summed E-state index contributed by atoms with van der Waals surface area (Å²) in [6.07, 6.45) is 0. The van der Waals surface area contributed by atoms with E-state index in [1.807, 2.05) is 6.92 Å². The zero-order chi connectivity index (χ0) is 15.1. The minimum absolute atomic E-state index is 0.183. The SMILES string of the molecule is Cc1[nH]nc2c1[C@H](c1ccc(F)cc1F)S[C@H](C)C(=O)N2. The lowest BCUT2D eigenvalue weighted by atomic mass is 10.0. The summed E-state index contributed by atoms with van der Waals surface area (Å²) in [5.74, 6) is -1.03. The maximum Gasteiger partial charge on any atom is 0.238 e. The Labute approximate surface area is 124 Å². The summed E-state index contributed by atoms with van der Waals surface area (Å²) in [5, 5.41) is 8.79. The van der Waals surface area contributed by atoms with Crippen LogP contribution in [-0.2, 0) is 4.79 Å². The standard InChI is InChI=1S/C14H13F2N3OS/c1-6-11-12(9-4-3-8(15)5-10(9)16)21-7(2)14(20)17-13(11)19-18-6/h3-5,7,12H,1-2H3,(H2,17,18,19,20)/t7-,12+/m1/s1. The van der Waals surface area contributed by atoms with Crippen molar-refractivity contribution in [1.82, 2.24) is 10.2 Å². The van der Waals surface area contributed by atoms with Crippen molar-refractivity contribution in [2.75, 3.05) is 5.32 Å². The molecule has 2 heterocycles. The predicted molar refractivity (Wildman–Crippen MR) is 77.2 cm³/mol. The number of hydrogen-bond donors (Lipinski definition) is 2. The first kappa shape index (κ1) is 14.1. The number of anilines is 1. The summed E-state index contributed by atoms with van der Waals surface area (Å²) < 4.78 is 27.3. The molecule has 1 amide bonds. The number of aromatic nitrogens is 2. The maximum absolute atomic E-state index is 14.1. The van der Waals surface area contributed by atoms with E-state index in [4.69, 9.17) is 0 Å². The molecule has 2 atom stereocenters. The van der Waals surface area contributed by atoms with Crippen LogP contribution in [0.25, 0.3) is 0 Å². The van der Waals surface area contributed by atoms with Crippen LogP contribution >= 0.6 is 11.8 Å². The van der Waals surface area contributed by atoms with Gasteiger partial charge in [0.1, 0.15) is 11.6 Å². The van der Waals surface area contributed by atoms with Gasteiger partial charge < -0.3 is 5.32 Å². The van der Waals surface area contributed by atoms with E-state index in [0.29, 0.717) is 11.4 Å². The van der Waals surface area contributed by atoms with E-state index < -0.39 is 16.9 Å². The first-order valence-electron chi connectivity index (χ1n) is 6.43. The number of rotatable bonds is 1. The lowest BCUT2D eigenvalue weighted by Gasteiger charge is -2.18. The van der Waals surface area contributed by atoms with Crippen LogP contribution in [0, 0.1) is 18.6 Å². The van der Waals surface area contributed by atoms with Gasteiger partial charge in [0.2, 0.25) is 5.91 Å². The van der Waals surface area contributed by atoms with Crippen LogP contribution in [0.2, 0.25) is 0 Å². The molecule has 2 N–H and O–H groups in total. The Kier molecular flexibility index (Phi) is 3.44. The lowest BCUT2D eigenvalue weighted by Crippen LogP contribution is -2.21. The molecule has 1 aliphatic rings. The van der Waals surface area contributed by atoms with Crippen LogP contribution in [0.5, 0.6) is 0 Å². The largest absolute Gasteiger partial charge is 0.308 e. The van der Waals surface area contributed by atoms with Gasteiger partial charge in [-0.1, -0.05) is 6.07 Å². The normalized spacial score (nSPS) is 21.6. The van der Waals surface area contributed by atoms with Crippen molar-refractivity contribution in [3.63, 3.8) is 0 Å². The molecule has 0 bridgehead atoms. The summed E-state index contributed by atoms with van der Waals surface area (Å²) in [6.45, 7) is 3.56. The van der Waals surface area contributed by atoms with Crippen LogP contribution in [0.1, 0.15) is 29.0 Å². The number of fused-ring (bicyclic) bond motifs is 1. The number of benzene rings is 1. The van der Waals surface area contributed by atoms with Crippen LogP contribution in [0.4, 0.5) is 14.6 Å². The van der Waals surface area contributed by atoms with E-state index in [2.05, 4.69) is 15.5 Å². The van der Waals surface area contributed by atoms with Crippen molar-refractivity contribution in [2.45, 2.75) is 24.3 Å². The fraction of sp³-hybridized carbons (Fsp3) is 0.286. The molecular formula is C14H13F2N3OS. The number of amides is 1. The number of nitrogens with one attached hydrogen (secondary N) is 2. The van der Waals surface area contributed by atoms with E-state index in [1.54, 1.807) is 6.92 Å². The number of halogens is 2. The van der Waals surface area contributed by atoms with Crippen LogP contribution in [-0.4, -0.2) is 21.4 Å². The third-order valence-corrected chi connectivity index (χ3v) is 4.84. The van der Waals surface area contributed by atoms with Gasteiger partial charge in [0, 0.05) is 22.9 Å². The van der Waals surface area contributed by atoms with E-state index in [-0.39, 0.29) is 11.2 Å². The summed E-state index contributed by atoms with van der Waals surface area (Å²) in [5.41, 5.74) is 1.82. The second-order valence-corrected chi connectivity index (χ2v) is 6.38. The Morgan fingerprint density at radius 2 is 2.10 bits per heavy atom. The van der Waals surface area contributed by atoms with Crippen molar-refractivity contribution in [3.05, 3.63) is 46.7 Å². The van der Waals surface area contributed by atoms with Crippen LogP contribution < -0.4 is 5.32 Å². The highest BCUT2D eigenvalue weighted by Crippen LogP contribution is 2.45. The molecule has 0 radical (unpaired) electrons. The minimum Gasteiger partial charge on any atom is -0.308 e. The van der Waals surface area contributed by atoms with Crippen molar-refractivity contribution >= 4 is 23.5 Å². The Hall–Kier alpha value is -1.89. The molecular weight excluding hydrogens is 296 g/mol. The van der Waals surface area contributed by atoms with E-state index in [9.17, 15) is 13.6 Å². The number of hydrogen-bond acceptors (Lipinski definition) is 3. The fourth-order valence-electron chi connectivity index (χ4n) is 2.35. The van der Waals surface area contributed by atoms with Crippen molar-refractivity contribution in [2.24, 2.45) is 0 Å². The number of carbonyl (C=O) groups excluding carboxylic acids is 1. The first-order valence-corrected chi connectivity index (χ1v) is 7.37. The first-order chi connectivity index (χ1) is 9.97. The van der Waals surface area contributed by atoms with Gasteiger partial charge in [0.05, 0.1) is 10.5 Å². The van der Waals surface area contributed by atoms with Gasteiger partial charge in [-0.3, -0.25) is 9.89 Å². The number of aromatic amines is 1. The summed E-state index contributed by atoms with van der Waals surface area (Å²) >= 11 is 1.32. The molecule has 0 unspecified atom stereocenters. The molecule has 1 aromatic carbocycles. The number of aryl methyl sites for hydroxylation is 1. The van der Waals surface area contributed by atoms with Gasteiger partial charge >= 0.3 is 0 Å². The topological polar surface area (TPSA) is 57.8 Å². The number of H-pyrrole nitrogens is 1. The van der Waals surface area contributed by atoms with Crippen LogP contribution in [0.3, 0.4) is 0 Å². The molecule has 0 saturated heterocycles. The molecule has 0 aliphatic carbocycles.